The molecular formula is C25H33N3O5S. The summed E-state index contributed by atoms with van der Waals surface area (Å²) in [5, 5.41) is 0. The van der Waals surface area contributed by atoms with E-state index >= 15 is 0 Å². The number of hydrogen-bond donors (Lipinski definition) is 0. The highest BCUT2D eigenvalue weighted by Gasteiger charge is 2.41. The molecule has 2 aromatic rings. The fraction of sp³-hybridized carbons (Fsp3) is 0.480. The molecule has 0 radical (unpaired) electrons. The van der Waals surface area contributed by atoms with Gasteiger partial charge in [0.25, 0.3) is 0 Å². The molecule has 2 saturated heterocycles. The van der Waals surface area contributed by atoms with E-state index in [1.165, 1.54) is 4.31 Å². The second kappa shape index (κ2) is 10.3. The Morgan fingerprint density at radius 2 is 1.62 bits per heavy atom. The molecule has 0 aliphatic carbocycles. The maximum Gasteiger partial charge on any atom is 0.243 e. The highest BCUT2D eigenvalue weighted by molar-refractivity contribution is 7.89. The average Bonchev–Trinajstić information content (AvgIpc) is 3.35. The van der Waals surface area contributed by atoms with Crippen molar-refractivity contribution in [3.05, 3.63) is 53.6 Å². The molecule has 0 saturated carbocycles. The Kier molecular flexibility index (Phi) is 7.45. The van der Waals surface area contributed by atoms with Crippen LogP contribution < -0.4 is 9.47 Å². The summed E-state index contributed by atoms with van der Waals surface area (Å²) in [5.41, 5.74) is 2.11. The number of carbonyl (C=O) groups is 1. The number of piperazine rings is 1. The molecule has 0 aromatic heterocycles. The summed E-state index contributed by atoms with van der Waals surface area (Å²) in [4.78, 5) is 17.7. The SMILES string of the molecule is COc1ccc(CN2CCN(C(=O)[C@@H]3CCCN3S(=O)(=O)c3ccc(C)cc3)CC2)cc1OC. The molecule has 184 valence electrons. The summed E-state index contributed by atoms with van der Waals surface area (Å²) >= 11 is 0. The fourth-order valence-electron chi connectivity index (χ4n) is 4.69. The first-order valence-corrected chi connectivity index (χ1v) is 13.1. The van der Waals surface area contributed by atoms with Gasteiger partial charge in [-0.15, -0.1) is 0 Å². The second-order valence-electron chi connectivity index (χ2n) is 8.88. The monoisotopic (exact) mass is 487 g/mol. The lowest BCUT2D eigenvalue weighted by Gasteiger charge is -2.37. The van der Waals surface area contributed by atoms with Crippen molar-refractivity contribution in [1.82, 2.24) is 14.1 Å². The van der Waals surface area contributed by atoms with Gasteiger partial charge in [-0.25, -0.2) is 8.42 Å². The van der Waals surface area contributed by atoms with E-state index in [-0.39, 0.29) is 10.8 Å². The molecule has 4 rings (SSSR count). The Bertz CT molecular complexity index is 1110. The first-order chi connectivity index (χ1) is 16.3. The quantitative estimate of drug-likeness (QED) is 0.597. The summed E-state index contributed by atoms with van der Waals surface area (Å²) in [6.45, 7) is 5.69. The predicted molar refractivity (Wildman–Crippen MR) is 129 cm³/mol. The summed E-state index contributed by atoms with van der Waals surface area (Å²) in [6, 6.07) is 12.1. The minimum Gasteiger partial charge on any atom is -0.493 e. The third-order valence-corrected chi connectivity index (χ3v) is 8.58. The van der Waals surface area contributed by atoms with Crippen molar-refractivity contribution in [3.8, 4) is 11.5 Å². The van der Waals surface area contributed by atoms with Crippen molar-refractivity contribution < 1.29 is 22.7 Å². The van der Waals surface area contributed by atoms with Gasteiger partial charge in [-0.3, -0.25) is 9.69 Å². The number of ether oxygens (including phenoxy) is 2. The van der Waals surface area contributed by atoms with Gasteiger partial charge in [0.05, 0.1) is 19.1 Å². The smallest absolute Gasteiger partial charge is 0.243 e. The molecule has 0 bridgehead atoms. The lowest BCUT2D eigenvalue weighted by Crippen LogP contribution is -2.54. The summed E-state index contributed by atoms with van der Waals surface area (Å²) in [7, 11) is -0.460. The highest BCUT2D eigenvalue weighted by atomic mass is 32.2. The molecule has 2 aliphatic rings. The minimum atomic E-state index is -3.70. The van der Waals surface area contributed by atoms with Crippen molar-refractivity contribution in [3.63, 3.8) is 0 Å². The van der Waals surface area contributed by atoms with Gasteiger partial charge in [-0.2, -0.15) is 4.31 Å². The lowest BCUT2D eigenvalue weighted by molar-refractivity contribution is -0.136. The Morgan fingerprint density at radius 1 is 0.941 bits per heavy atom. The zero-order chi connectivity index (χ0) is 24.3. The van der Waals surface area contributed by atoms with Crippen molar-refractivity contribution in [2.24, 2.45) is 0 Å². The summed E-state index contributed by atoms with van der Waals surface area (Å²) in [5.74, 6) is 1.31. The number of amides is 1. The van der Waals surface area contributed by atoms with Crippen molar-refractivity contribution in [1.29, 1.82) is 0 Å². The Balaban J connectivity index is 1.38. The van der Waals surface area contributed by atoms with E-state index in [2.05, 4.69) is 4.90 Å². The summed E-state index contributed by atoms with van der Waals surface area (Å²) in [6.07, 6.45) is 1.26. The van der Waals surface area contributed by atoms with Crippen LogP contribution in [0.1, 0.15) is 24.0 Å². The predicted octanol–water partition coefficient (Wildman–Crippen LogP) is 2.51. The molecule has 34 heavy (non-hydrogen) atoms. The molecule has 2 aliphatic heterocycles. The zero-order valence-electron chi connectivity index (χ0n) is 20.1. The van der Waals surface area contributed by atoms with E-state index in [1.54, 1.807) is 38.5 Å². The number of methoxy groups -OCH3 is 2. The van der Waals surface area contributed by atoms with Crippen LogP contribution in [0.2, 0.25) is 0 Å². The molecule has 1 atom stereocenters. The first-order valence-electron chi connectivity index (χ1n) is 11.6. The van der Waals surface area contributed by atoms with Crippen LogP contribution in [0.3, 0.4) is 0 Å². The van der Waals surface area contributed by atoms with Gasteiger partial charge in [0.2, 0.25) is 15.9 Å². The number of aryl methyl sites for hydroxylation is 1. The molecule has 8 nitrogen and oxygen atoms in total. The molecule has 1 amide bonds. The normalized spacial score (nSPS) is 19.9. The summed E-state index contributed by atoms with van der Waals surface area (Å²) < 4.78 is 38.6. The third kappa shape index (κ3) is 5.06. The Labute approximate surface area is 202 Å². The Morgan fingerprint density at radius 3 is 2.26 bits per heavy atom. The van der Waals surface area contributed by atoms with Crippen LogP contribution in [0.15, 0.2) is 47.4 Å². The van der Waals surface area contributed by atoms with Gasteiger partial charge < -0.3 is 14.4 Å². The van der Waals surface area contributed by atoms with Gasteiger partial charge >= 0.3 is 0 Å². The molecule has 0 N–H and O–H groups in total. The lowest BCUT2D eigenvalue weighted by atomic mass is 10.1. The van der Waals surface area contributed by atoms with Crippen LogP contribution in [0.4, 0.5) is 0 Å². The Hall–Kier alpha value is -2.62. The van der Waals surface area contributed by atoms with Crippen molar-refractivity contribution in [2.45, 2.75) is 37.2 Å². The first kappa shape index (κ1) is 24.5. The van der Waals surface area contributed by atoms with E-state index in [4.69, 9.17) is 9.47 Å². The molecule has 2 fully saturated rings. The van der Waals surface area contributed by atoms with E-state index < -0.39 is 16.1 Å². The zero-order valence-corrected chi connectivity index (χ0v) is 20.9. The van der Waals surface area contributed by atoms with Crippen molar-refractivity contribution >= 4 is 15.9 Å². The van der Waals surface area contributed by atoms with Gasteiger partial charge in [-0.05, 0) is 49.6 Å². The second-order valence-corrected chi connectivity index (χ2v) is 10.8. The van der Waals surface area contributed by atoms with Crippen LogP contribution in [-0.4, -0.2) is 81.4 Å². The molecule has 0 spiro atoms. The minimum absolute atomic E-state index is 0.0843. The van der Waals surface area contributed by atoms with E-state index in [0.717, 1.165) is 30.8 Å². The maximum absolute atomic E-state index is 13.3. The molecular weight excluding hydrogens is 454 g/mol. The third-order valence-electron chi connectivity index (χ3n) is 6.65. The van der Waals surface area contributed by atoms with Crippen LogP contribution in [0.5, 0.6) is 11.5 Å². The molecule has 2 heterocycles. The van der Waals surface area contributed by atoms with Gasteiger partial charge in [0, 0.05) is 39.3 Å². The van der Waals surface area contributed by atoms with Crippen LogP contribution in [0.25, 0.3) is 0 Å². The number of rotatable bonds is 7. The topological polar surface area (TPSA) is 79.4 Å². The maximum atomic E-state index is 13.3. The van der Waals surface area contributed by atoms with Gasteiger partial charge in [0.15, 0.2) is 11.5 Å². The highest BCUT2D eigenvalue weighted by Crippen LogP contribution is 2.29. The molecule has 9 heteroatoms. The van der Waals surface area contributed by atoms with Crippen LogP contribution in [-0.2, 0) is 21.4 Å². The van der Waals surface area contributed by atoms with Gasteiger partial charge in [0.1, 0.15) is 6.04 Å². The van der Waals surface area contributed by atoms with E-state index in [0.29, 0.717) is 44.0 Å². The van der Waals surface area contributed by atoms with Gasteiger partial charge in [-0.1, -0.05) is 23.8 Å². The number of carbonyl (C=O) groups excluding carboxylic acids is 1. The molecule has 0 unspecified atom stereocenters. The van der Waals surface area contributed by atoms with E-state index in [9.17, 15) is 13.2 Å². The number of nitrogens with zero attached hydrogens (tertiary/aromatic N) is 3. The number of sulfonamides is 1. The van der Waals surface area contributed by atoms with Crippen molar-refractivity contribution in [2.75, 3.05) is 46.9 Å². The molecule has 2 aromatic carbocycles. The average molecular weight is 488 g/mol. The largest absolute Gasteiger partial charge is 0.493 e. The van der Waals surface area contributed by atoms with E-state index in [1.807, 2.05) is 30.0 Å². The van der Waals surface area contributed by atoms with Crippen LogP contribution in [0, 0.1) is 6.92 Å². The standard InChI is InChI=1S/C25H33N3O5S/c1-19-6-9-21(10-7-19)34(30,31)28-12-4-5-22(28)25(29)27-15-13-26(14-16-27)18-20-8-11-23(32-2)24(17-20)33-3/h6-11,17,22H,4-5,12-16,18H2,1-3H3/t22-/m0/s1. The fourth-order valence-corrected chi connectivity index (χ4v) is 6.35. The number of hydrogen-bond acceptors (Lipinski definition) is 6. The van der Waals surface area contributed by atoms with Crippen LogP contribution >= 0.6 is 0 Å². The number of benzene rings is 2.